The van der Waals surface area contributed by atoms with Crippen LogP contribution < -0.4 is 16.0 Å². The number of fused-ring (bicyclic) bond motifs is 1. The fourth-order valence-electron chi connectivity index (χ4n) is 5.15. The first-order chi connectivity index (χ1) is 17.1. The topological polar surface area (TPSA) is 91.4 Å². The Morgan fingerprint density at radius 3 is 2.80 bits per heavy atom. The van der Waals surface area contributed by atoms with E-state index in [1.807, 2.05) is 6.20 Å². The summed E-state index contributed by atoms with van der Waals surface area (Å²) in [6.45, 7) is 4.29. The zero-order valence-corrected chi connectivity index (χ0v) is 20.5. The Balaban J connectivity index is 1.29. The standard InChI is InChI=1S/C25H32ClFN6O2/c26-20-13-17(1-2-21(20)27)23(16-3-8-28-9-4-16)32-25(34)33-10-5-18-14-29-24(31-22(18)15-33)30-19-6-11-35-12-7-19/h1-2,13-14,16,19,23,28H,3-12,15H2,(H,32,34)(H,29,30,31). The van der Waals surface area contributed by atoms with Crippen LogP contribution in [0.4, 0.5) is 15.1 Å². The summed E-state index contributed by atoms with van der Waals surface area (Å²) in [5.74, 6) is 0.395. The van der Waals surface area contributed by atoms with E-state index in [4.69, 9.17) is 21.3 Å². The molecule has 0 saturated carbocycles. The Kier molecular flexibility index (Phi) is 7.65. The number of urea groups is 1. The highest BCUT2D eigenvalue weighted by Crippen LogP contribution is 2.32. The van der Waals surface area contributed by atoms with Crippen LogP contribution in [0.1, 0.15) is 48.5 Å². The van der Waals surface area contributed by atoms with Gasteiger partial charge in [-0.15, -0.1) is 0 Å². The predicted molar refractivity (Wildman–Crippen MR) is 132 cm³/mol. The number of hydrogen-bond acceptors (Lipinski definition) is 6. The third-order valence-corrected chi connectivity index (χ3v) is 7.51. The third kappa shape index (κ3) is 5.85. The number of nitrogens with zero attached hydrogens (tertiary/aromatic N) is 3. The number of carbonyl (C=O) groups is 1. The number of benzene rings is 1. The van der Waals surface area contributed by atoms with Gasteiger partial charge in [-0.2, -0.15) is 0 Å². The number of anilines is 1. The van der Waals surface area contributed by atoms with E-state index in [0.717, 1.165) is 68.8 Å². The maximum absolute atomic E-state index is 13.8. The van der Waals surface area contributed by atoms with Gasteiger partial charge < -0.3 is 25.6 Å². The molecule has 188 valence electrons. The summed E-state index contributed by atoms with van der Waals surface area (Å²) in [6.07, 6.45) is 6.30. The van der Waals surface area contributed by atoms with Crippen LogP contribution >= 0.6 is 11.6 Å². The van der Waals surface area contributed by atoms with Crippen molar-refractivity contribution in [2.45, 2.75) is 50.7 Å². The van der Waals surface area contributed by atoms with Gasteiger partial charge in [0.1, 0.15) is 5.82 Å². The molecule has 3 aliphatic rings. The van der Waals surface area contributed by atoms with E-state index in [1.165, 1.54) is 6.07 Å². The molecule has 1 aromatic heterocycles. The van der Waals surface area contributed by atoms with Crippen molar-refractivity contribution in [3.63, 3.8) is 0 Å². The van der Waals surface area contributed by atoms with Crippen molar-refractivity contribution in [2.75, 3.05) is 38.2 Å². The molecule has 0 spiro atoms. The largest absolute Gasteiger partial charge is 0.381 e. The Morgan fingerprint density at radius 2 is 2.03 bits per heavy atom. The van der Waals surface area contributed by atoms with Crippen molar-refractivity contribution in [3.8, 4) is 0 Å². The molecule has 2 fully saturated rings. The van der Waals surface area contributed by atoms with E-state index in [9.17, 15) is 9.18 Å². The van der Waals surface area contributed by atoms with E-state index >= 15 is 0 Å². The second-order valence-electron chi connectivity index (χ2n) is 9.56. The first-order valence-corrected chi connectivity index (χ1v) is 12.8. The van der Waals surface area contributed by atoms with E-state index in [2.05, 4.69) is 20.9 Å². The highest BCUT2D eigenvalue weighted by Gasteiger charge is 2.30. The maximum Gasteiger partial charge on any atom is 0.318 e. The number of hydrogen-bond donors (Lipinski definition) is 3. The minimum atomic E-state index is -0.455. The van der Waals surface area contributed by atoms with Crippen LogP contribution in [0.15, 0.2) is 24.4 Å². The molecule has 3 aliphatic heterocycles. The molecule has 1 atom stereocenters. The number of amides is 2. The van der Waals surface area contributed by atoms with Gasteiger partial charge in [0.05, 0.1) is 23.3 Å². The minimum Gasteiger partial charge on any atom is -0.381 e. The second kappa shape index (κ2) is 11.1. The van der Waals surface area contributed by atoms with Crippen LogP contribution in [-0.2, 0) is 17.7 Å². The molecule has 0 bridgehead atoms. The van der Waals surface area contributed by atoms with Crippen molar-refractivity contribution in [2.24, 2.45) is 5.92 Å². The summed E-state index contributed by atoms with van der Waals surface area (Å²) in [6, 6.07) is 4.66. The molecule has 1 unspecified atom stereocenters. The van der Waals surface area contributed by atoms with Crippen LogP contribution in [-0.4, -0.2) is 59.8 Å². The fraction of sp³-hybridized carbons (Fsp3) is 0.560. The molecule has 4 heterocycles. The molecule has 5 rings (SSSR count). The van der Waals surface area contributed by atoms with Crippen LogP contribution in [0.5, 0.6) is 0 Å². The SMILES string of the molecule is O=C(NC(c1ccc(F)c(Cl)c1)C1CCNCC1)N1CCc2cnc(NC3CCOCC3)nc2C1. The number of nitrogens with one attached hydrogen (secondary N) is 3. The van der Waals surface area contributed by atoms with Gasteiger partial charge >= 0.3 is 6.03 Å². The van der Waals surface area contributed by atoms with Crippen molar-refractivity contribution in [1.82, 2.24) is 25.5 Å². The van der Waals surface area contributed by atoms with Crippen LogP contribution in [0, 0.1) is 11.7 Å². The maximum atomic E-state index is 13.8. The van der Waals surface area contributed by atoms with Gasteiger partial charge in [0.15, 0.2) is 0 Å². The van der Waals surface area contributed by atoms with Crippen LogP contribution in [0.25, 0.3) is 0 Å². The number of halogens is 2. The van der Waals surface area contributed by atoms with Gasteiger partial charge in [0.25, 0.3) is 0 Å². The molecule has 8 nitrogen and oxygen atoms in total. The van der Waals surface area contributed by atoms with Crippen LogP contribution in [0.2, 0.25) is 5.02 Å². The van der Waals surface area contributed by atoms with Gasteiger partial charge in [-0.05, 0) is 74.4 Å². The van der Waals surface area contributed by atoms with E-state index in [0.29, 0.717) is 31.5 Å². The lowest BCUT2D eigenvalue weighted by atomic mass is 9.86. The van der Waals surface area contributed by atoms with Gasteiger partial charge in [0.2, 0.25) is 5.95 Å². The third-order valence-electron chi connectivity index (χ3n) is 7.22. The highest BCUT2D eigenvalue weighted by molar-refractivity contribution is 6.30. The monoisotopic (exact) mass is 502 g/mol. The van der Waals surface area contributed by atoms with Crippen molar-refractivity contribution >= 4 is 23.6 Å². The smallest absolute Gasteiger partial charge is 0.318 e. The lowest BCUT2D eigenvalue weighted by molar-refractivity contribution is 0.0903. The van der Waals surface area contributed by atoms with Crippen molar-refractivity contribution in [1.29, 1.82) is 0 Å². The van der Waals surface area contributed by atoms with Gasteiger partial charge in [0, 0.05) is 32.0 Å². The lowest BCUT2D eigenvalue weighted by Gasteiger charge is -2.35. The Labute approximate surface area is 210 Å². The van der Waals surface area contributed by atoms with E-state index in [1.54, 1.807) is 17.0 Å². The molecule has 3 N–H and O–H groups in total. The minimum absolute atomic E-state index is 0.0730. The first-order valence-electron chi connectivity index (χ1n) is 12.5. The fourth-order valence-corrected chi connectivity index (χ4v) is 5.34. The zero-order chi connectivity index (χ0) is 24.2. The quantitative estimate of drug-likeness (QED) is 0.578. The number of piperidine rings is 1. The molecule has 10 heteroatoms. The van der Waals surface area contributed by atoms with Crippen LogP contribution in [0.3, 0.4) is 0 Å². The summed E-state index contributed by atoms with van der Waals surface area (Å²) in [4.78, 5) is 24.4. The number of carbonyl (C=O) groups excluding carboxylic acids is 1. The summed E-state index contributed by atoms with van der Waals surface area (Å²) in [7, 11) is 0. The summed E-state index contributed by atoms with van der Waals surface area (Å²) in [5.41, 5.74) is 2.78. The summed E-state index contributed by atoms with van der Waals surface area (Å²) < 4.78 is 19.2. The Morgan fingerprint density at radius 1 is 1.23 bits per heavy atom. The first kappa shape index (κ1) is 24.2. The van der Waals surface area contributed by atoms with Gasteiger partial charge in [-0.25, -0.2) is 19.2 Å². The second-order valence-corrected chi connectivity index (χ2v) is 9.96. The molecule has 0 aliphatic carbocycles. The lowest BCUT2D eigenvalue weighted by Crippen LogP contribution is -2.47. The van der Waals surface area contributed by atoms with Crippen molar-refractivity contribution < 1.29 is 13.9 Å². The Bertz CT molecular complexity index is 1040. The number of rotatable bonds is 5. The molecule has 1 aromatic carbocycles. The molecule has 2 aromatic rings. The molecular formula is C25H32ClFN6O2. The highest BCUT2D eigenvalue weighted by atomic mass is 35.5. The Hall–Kier alpha value is -2.49. The molecule has 35 heavy (non-hydrogen) atoms. The molecule has 2 saturated heterocycles. The average molecular weight is 503 g/mol. The van der Waals surface area contributed by atoms with E-state index in [-0.39, 0.29) is 23.0 Å². The zero-order valence-electron chi connectivity index (χ0n) is 19.7. The summed E-state index contributed by atoms with van der Waals surface area (Å²) in [5, 5.41) is 10.1. The normalized spacial score (nSPS) is 20.2. The van der Waals surface area contributed by atoms with E-state index < -0.39 is 5.82 Å². The molecular weight excluding hydrogens is 471 g/mol. The van der Waals surface area contributed by atoms with Crippen molar-refractivity contribution in [3.05, 3.63) is 52.1 Å². The van der Waals surface area contributed by atoms with Gasteiger partial charge in [-0.1, -0.05) is 17.7 Å². The average Bonchev–Trinajstić information content (AvgIpc) is 2.89. The number of ether oxygens (including phenoxy) is 1. The predicted octanol–water partition coefficient (Wildman–Crippen LogP) is 3.67. The molecule has 2 amide bonds. The van der Waals surface area contributed by atoms with Gasteiger partial charge in [-0.3, -0.25) is 0 Å². The molecule has 0 radical (unpaired) electrons. The number of aromatic nitrogens is 2. The summed E-state index contributed by atoms with van der Waals surface area (Å²) >= 11 is 6.09.